The molecule has 5 nitrogen and oxygen atoms in total. The maximum Gasteiger partial charge on any atom is 0.168 e. The smallest absolute Gasteiger partial charge is 0.168 e. The summed E-state index contributed by atoms with van der Waals surface area (Å²) in [5.74, 6) is 3.21. The molecule has 0 radical (unpaired) electrons. The number of rotatable bonds is 6. The van der Waals surface area contributed by atoms with Crippen molar-refractivity contribution in [3.63, 3.8) is 0 Å². The highest BCUT2D eigenvalue weighted by Crippen LogP contribution is 2.27. The molecule has 0 bridgehead atoms. The van der Waals surface area contributed by atoms with Gasteiger partial charge in [-0.2, -0.15) is 0 Å². The van der Waals surface area contributed by atoms with E-state index in [9.17, 15) is 0 Å². The van der Waals surface area contributed by atoms with E-state index in [4.69, 9.17) is 9.47 Å². The monoisotopic (exact) mass is 287 g/mol. The second-order valence-corrected chi connectivity index (χ2v) is 5.01. The van der Waals surface area contributed by atoms with Crippen LogP contribution >= 0.6 is 0 Å². The van der Waals surface area contributed by atoms with E-state index < -0.39 is 0 Å². The molecule has 0 aliphatic rings. The van der Waals surface area contributed by atoms with E-state index >= 15 is 0 Å². The Morgan fingerprint density at radius 1 is 1.24 bits per heavy atom. The van der Waals surface area contributed by atoms with Gasteiger partial charge in [-0.3, -0.25) is 0 Å². The lowest BCUT2D eigenvalue weighted by Crippen LogP contribution is -2.11. The van der Waals surface area contributed by atoms with Crippen molar-refractivity contribution in [2.75, 3.05) is 14.2 Å². The number of methoxy groups -OCH3 is 1. The third-order valence-electron chi connectivity index (χ3n) is 2.98. The third-order valence-corrected chi connectivity index (χ3v) is 2.98. The molecule has 0 amide bonds. The number of hydrogen-bond donors (Lipinski definition) is 1. The van der Waals surface area contributed by atoms with E-state index in [2.05, 4.69) is 29.1 Å². The molecular formula is C16H21N3O2. The molecular weight excluding hydrogens is 266 g/mol. The van der Waals surface area contributed by atoms with Gasteiger partial charge in [-0.05, 0) is 19.2 Å². The van der Waals surface area contributed by atoms with E-state index in [1.165, 1.54) is 0 Å². The minimum Gasteiger partial charge on any atom is -0.497 e. The lowest BCUT2D eigenvalue weighted by molar-refractivity contribution is 0.408. The summed E-state index contributed by atoms with van der Waals surface area (Å²) in [6.45, 7) is 4.77. The Kier molecular flexibility index (Phi) is 5.11. The Hall–Kier alpha value is -2.14. The summed E-state index contributed by atoms with van der Waals surface area (Å²) in [7, 11) is 3.51. The van der Waals surface area contributed by atoms with Crippen molar-refractivity contribution in [1.82, 2.24) is 15.3 Å². The van der Waals surface area contributed by atoms with Crippen LogP contribution in [0.3, 0.4) is 0 Å². The summed E-state index contributed by atoms with van der Waals surface area (Å²) in [6, 6.07) is 7.47. The Labute approximate surface area is 125 Å². The molecule has 0 aliphatic carbocycles. The molecule has 0 aliphatic heterocycles. The van der Waals surface area contributed by atoms with Gasteiger partial charge in [0.2, 0.25) is 0 Å². The molecule has 2 rings (SSSR count). The highest BCUT2D eigenvalue weighted by Gasteiger charge is 2.11. The minimum absolute atomic E-state index is 0.284. The summed E-state index contributed by atoms with van der Waals surface area (Å²) in [5, 5.41) is 3.10. The maximum absolute atomic E-state index is 5.89. The van der Waals surface area contributed by atoms with Gasteiger partial charge in [-0.15, -0.1) is 0 Å². The number of ether oxygens (including phenoxy) is 2. The van der Waals surface area contributed by atoms with E-state index in [0.717, 1.165) is 17.3 Å². The summed E-state index contributed by atoms with van der Waals surface area (Å²) in [6.07, 6.45) is 1.73. The molecule has 1 heterocycles. The van der Waals surface area contributed by atoms with Crippen LogP contribution in [0.2, 0.25) is 0 Å². The van der Waals surface area contributed by atoms with Gasteiger partial charge in [-0.1, -0.05) is 19.9 Å². The van der Waals surface area contributed by atoms with Gasteiger partial charge in [0.25, 0.3) is 0 Å². The summed E-state index contributed by atoms with van der Waals surface area (Å²) >= 11 is 0. The molecule has 5 heteroatoms. The predicted molar refractivity (Wildman–Crippen MR) is 82.0 cm³/mol. The molecule has 0 fully saturated rings. The second kappa shape index (κ2) is 7.04. The fourth-order valence-corrected chi connectivity index (χ4v) is 1.87. The molecule has 0 saturated heterocycles. The SMILES string of the molecule is CNCc1nc(C(C)C)ncc1Oc1cccc(OC)c1. The fraction of sp³-hybridized carbons (Fsp3) is 0.375. The average Bonchev–Trinajstić information content (AvgIpc) is 2.49. The molecule has 0 saturated carbocycles. The fourth-order valence-electron chi connectivity index (χ4n) is 1.87. The molecule has 1 aromatic carbocycles. The van der Waals surface area contributed by atoms with E-state index in [1.807, 2.05) is 31.3 Å². The van der Waals surface area contributed by atoms with Crippen LogP contribution in [-0.2, 0) is 6.54 Å². The summed E-state index contributed by atoms with van der Waals surface area (Å²) < 4.78 is 11.1. The Bertz CT molecular complexity index is 600. The molecule has 0 unspecified atom stereocenters. The normalized spacial score (nSPS) is 10.7. The maximum atomic E-state index is 5.89. The number of benzene rings is 1. The minimum atomic E-state index is 0.284. The van der Waals surface area contributed by atoms with Gasteiger partial charge in [-0.25, -0.2) is 9.97 Å². The lowest BCUT2D eigenvalue weighted by atomic mass is 10.2. The van der Waals surface area contributed by atoms with Crippen molar-refractivity contribution in [3.05, 3.63) is 42.0 Å². The van der Waals surface area contributed by atoms with Crippen LogP contribution in [0.1, 0.15) is 31.3 Å². The van der Waals surface area contributed by atoms with E-state index in [0.29, 0.717) is 18.0 Å². The summed E-state index contributed by atoms with van der Waals surface area (Å²) in [4.78, 5) is 8.94. The average molecular weight is 287 g/mol. The third kappa shape index (κ3) is 3.92. The molecule has 21 heavy (non-hydrogen) atoms. The van der Waals surface area contributed by atoms with Crippen LogP contribution in [0.4, 0.5) is 0 Å². The zero-order valence-electron chi connectivity index (χ0n) is 12.9. The van der Waals surface area contributed by atoms with Crippen molar-refractivity contribution in [3.8, 4) is 17.2 Å². The van der Waals surface area contributed by atoms with Gasteiger partial charge in [0.1, 0.15) is 23.0 Å². The first kappa shape index (κ1) is 15.3. The highest BCUT2D eigenvalue weighted by atomic mass is 16.5. The Balaban J connectivity index is 2.29. The van der Waals surface area contributed by atoms with E-state index in [-0.39, 0.29) is 5.92 Å². The molecule has 0 spiro atoms. The first-order valence-electron chi connectivity index (χ1n) is 6.96. The predicted octanol–water partition coefficient (Wildman–Crippen LogP) is 3.12. The lowest BCUT2D eigenvalue weighted by Gasteiger charge is -2.13. The quantitative estimate of drug-likeness (QED) is 0.884. The van der Waals surface area contributed by atoms with Crippen molar-refractivity contribution in [2.45, 2.75) is 26.3 Å². The van der Waals surface area contributed by atoms with Crippen LogP contribution in [0.5, 0.6) is 17.2 Å². The zero-order chi connectivity index (χ0) is 15.2. The Morgan fingerprint density at radius 2 is 2.00 bits per heavy atom. The molecule has 1 N–H and O–H groups in total. The van der Waals surface area contributed by atoms with Crippen molar-refractivity contribution in [1.29, 1.82) is 0 Å². The largest absolute Gasteiger partial charge is 0.497 e. The number of nitrogens with one attached hydrogen (secondary N) is 1. The van der Waals surface area contributed by atoms with Crippen LogP contribution in [0.15, 0.2) is 30.5 Å². The van der Waals surface area contributed by atoms with Crippen molar-refractivity contribution >= 4 is 0 Å². The standard InChI is InChI=1S/C16H21N3O2/c1-11(2)16-18-10-15(14(19-16)9-17-3)21-13-7-5-6-12(8-13)20-4/h5-8,10-11,17H,9H2,1-4H3. The summed E-state index contributed by atoms with van der Waals surface area (Å²) in [5.41, 5.74) is 0.846. The van der Waals surface area contributed by atoms with Gasteiger partial charge >= 0.3 is 0 Å². The van der Waals surface area contributed by atoms with Crippen LogP contribution < -0.4 is 14.8 Å². The number of aromatic nitrogens is 2. The molecule has 112 valence electrons. The van der Waals surface area contributed by atoms with Crippen LogP contribution in [0, 0.1) is 0 Å². The van der Waals surface area contributed by atoms with Gasteiger partial charge < -0.3 is 14.8 Å². The topological polar surface area (TPSA) is 56.3 Å². The number of hydrogen-bond acceptors (Lipinski definition) is 5. The van der Waals surface area contributed by atoms with Gasteiger partial charge in [0.15, 0.2) is 5.75 Å². The first-order valence-corrected chi connectivity index (χ1v) is 6.96. The van der Waals surface area contributed by atoms with Crippen molar-refractivity contribution < 1.29 is 9.47 Å². The van der Waals surface area contributed by atoms with Gasteiger partial charge in [0.05, 0.1) is 13.3 Å². The first-order chi connectivity index (χ1) is 10.1. The van der Waals surface area contributed by atoms with Crippen LogP contribution in [-0.4, -0.2) is 24.1 Å². The second-order valence-electron chi connectivity index (χ2n) is 5.01. The molecule has 0 atom stereocenters. The van der Waals surface area contributed by atoms with Gasteiger partial charge in [0, 0.05) is 18.5 Å². The van der Waals surface area contributed by atoms with Crippen molar-refractivity contribution in [2.24, 2.45) is 0 Å². The van der Waals surface area contributed by atoms with E-state index in [1.54, 1.807) is 13.3 Å². The zero-order valence-corrected chi connectivity index (χ0v) is 12.9. The highest BCUT2D eigenvalue weighted by molar-refractivity contribution is 5.37. The number of nitrogens with zero attached hydrogens (tertiary/aromatic N) is 2. The van der Waals surface area contributed by atoms with Crippen LogP contribution in [0.25, 0.3) is 0 Å². The molecule has 1 aromatic heterocycles. The Morgan fingerprint density at radius 3 is 2.67 bits per heavy atom. The molecule has 2 aromatic rings.